The summed E-state index contributed by atoms with van der Waals surface area (Å²) >= 11 is 12.0. The van der Waals surface area contributed by atoms with Gasteiger partial charge in [0, 0.05) is 32.6 Å². The topological polar surface area (TPSA) is 186 Å². The predicted octanol–water partition coefficient (Wildman–Crippen LogP) is 6.41. The Morgan fingerprint density at radius 3 is 1.53 bits per heavy atom. The Kier molecular flexibility index (Phi) is 12.1. The molecule has 53 heavy (non-hydrogen) atoms. The van der Waals surface area contributed by atoms with Gasteiger partial charge in [0.25, 0.3) is 5.91 Å². The van der Waals surface area contributed by atoms with Crippen LogP contribution in [0.15, 0.2) is 24.5 Å². The number of carbonyl (C=O) groups is 4. The lowest BCUT2D eigenvalue weighted by molar-refractivity contribution is 0.0577. The highest BCUT2D eigenvalue weighted by Gasteiger charge is 2.39. The number of carbonyl (C=O) groups excluding carboxylic acids is 3. The molecule has 288 valence electrons. The van der Waals surface area contributed by atoms with Crippen LogP contribution in [-0.2, 0) is 9.47 Å². The molecule has 2 aliphatic rings. The minimum absolute atomic E-state index is 0.0425. The van der Waals surface area contributed by atoms with Crippen molar-refractivity contribution in [3.63, 3.8) is 0 Å². The van der Waals surface area contributed by atoms with E-state index in [1.54, 1.807) is 41.5 Å². The Bertz CT molecular complexity index is 2020. The number of carboxylic acids is 1. The zero-order valence-corrected chi connectivity index (χ0v) is 32.0. The van der Waals surface area contributed by atoms with Crippen molar-refractivity contribution in [3.05, 3.63) is 46.0 Å². The highest BCUT2D eigenvalue weighted by Crippen LogP contribution is 2.32. The van der Waals surface area contributed by atoms with E-state index in [2.05, 4.69) is 25.5 Å². The van der Waals surface area contributed by atoms with Crippen LogP contribution in [0.4, 0.5) is 30.0 Å². The number of hydrogen-bond acceptors (Lipinski definition) is 10. The molecular formula is C33H41Cl2F2N9O7. The number of carboxylic acid groups (broad SMARTS) is 1. The van der Waals surface area contributed by atoms with Crippen molar-refractivity contribution in [2.24, 2.45) is 5.92 Å². The van der Waals surface area contributed by atoms with Gasteiger partial charge in [0.2, 0.25) is 0 Å². The molecule has 0 saturated heterocycles. The number of nitrogens with one attached hydrogen (secondary N) is 1. The second kappa shape index (κ2) is 15.6. The van der Waals surface area contributed by atoms with E-state index in [0.29, 0.717) is 12.3 Å². The van der Waals surface area contributed by atoms with Crippen molar-refractivity contribution in [1.82, 2.24) is 34.5 Å². The summed E-state index contributed by atoms with van der Waals surface area (Å²) in [7, 11) is 2.97. The number of amides is 3. The summed E-state index contributed by atoms with van der Waals surface area (Å²) < 4.78 is 37.6. The molecule has 6 rings (SSSR count). The van der Waals surface area contributed by atoms with Crippen LogP contribution in [0.2, 0.25) is 10.3 Å². The molecule has 0 aromatic carbocycles. The summed E-state index contributed by atoms with van der Waals surface area (Å²) in [4.78, 5) is 58.4. The van der Waals surface area contributed by atoms with E-state index in [0.717, 1.165) is 12.6 Å². The first kappa shape index (κ1) is 40.9. The second-order valence-electron chi connectivity index (χ2n) is 14.4. The van der Waals surface area contributed by atoms with E-state index < -0.39 is 53.7 Å². The largest absolute Gasteiger partial charge is 0.477 e. The number of nitrogens with zero attached hydrogens (tertiary/aromatic N) is 8. The Morgan fingerprint density at radius 1 is 0.811 bits per heavy atom. The summed E-state index contributed by atoms with van der Waals surface area (Å²) in [6.45, 7) is 12.4. The fourth-order valence-corrected chi connectivity index (χ4v) is 4.66. The maximum Gasteiger partial charge on any atom is 0.415 e. The number of aromatic carboxylic acids is 1. The number of alkyl halides is 2. The van der Waals surface area contributed by atoms with Gasteiger partial charge in [-0.3, -0.25) is 14.6 Å². The lowest BCUT2D eigenvalue weighted by atomic mass is 10.2. The van der Waals surface area contributed by atoms with Gasteiger partial charge in [-0.05, 0) is 53.9 Å². The predicted molar refractivity (Wildman–Crippen MR) is 192 cm³/mol. The molecule has 2 saturated carbocycles. The van der Waals surface area contributed by atoms with E-state index in [1.807, 2.05) is 6.92 Å². The van der Waals surface area contributed by atoms with Crippen molar-refractivity contribution in [2.45, 2.75) is 90.9 Å². The highest BCUT2D eigenvalue weighted by atomic mass is 35.5. The fraction of sp³-hybridized carbons (Fsp3) is 0.515. The van der Waals surface area contributed by atoms with Gasteiger partial charge in [-0.15, -0.1) is 0 Å². The molecule has 0 spiro atoms. The first-order valence-corrected chi connectivity index (χ1v) is 17.1. The molecule has 4 aromatic rings. The average molecular weight is 785 g/mol. The summed E-state index contributed by atoms with van der Waals surface area (Å²) in [5.41, 5.74) is -1.10. The van der Waals surface area contributed by atoms with Crippen molar-refractivity contribution in [2.75, 3.05) is 23.9 Å². The third kappa shape index (κ3) is 10.6. The van der Waals surface area contributed by atoms with Gasteiger partial charge in [-0.2, -0.15) is 19.2 Å². The van der Waals surface area contributed by atoms with Crippen LogP contribution in [0, 0.1) is 5.92 Å². The normalized spacial score (nSPS) is 18.9. The van der Waals surface area contributed by atoms with Crippen molar-refractivity contribution < 1.29 is 42.5 Å². The van der Waals surface area contributed by atoms with Crippen molar-refractivity contribution >= 4 is 70.2 Å². The number of fused-ring (bicyclic) bond motifs is 2. The summed E-state index contributed by atoms with van der Waals surface area (Å²) in [6.07, 6.45) is 0.848. The molecule has 2 aliphatic carbocycles. The lowest BCUT2D eigenvalue weighted by Crippen LogP contribution is -2.35. The van der Waals surface area contributed by atoms with Gasteiger partial charge in [-0.1, -0.05) is 30.1 Å². The third-order valence-corrected chi connectivity index (χ3v) is 7.77. The average Bonchev–Trinajstić information content (AvgIpc) is 3.73. The number of ether oxygens (including phenoxy) is 2. The van der Waals surface area contributed by atoms with Crippen LogP contribution in [0.3, 0.4) is 0 Å². The van der Waals surface area contributed by atoms with Crippen LogP contribution in [0.5, 0.6) is 0 Å². The second-order valence-corrected chi connectivity index (χ2v) is 15.2. The number of halogens is 4. The highest BCUT2D eigenvalue weighted by molar-refractivity contribution is 6.30. The molecule has 16 nitrogen and oxygen atoms in total. The van der Waals surface area contributed by atoms with Crippen LogP contribution in [0.25, 0.3) is 11.3 Å². The number of aromatic nitrogens is 6. The zero-order valence-electron chi connectivity index (χ0n) is 30.5. The number of rotatable bonds is 5. The SMILES string of the molecule is CN(C(=O)OC(C)(C)C)c1cc(Cl)nc2c(C(=O)N[C@@H]3C[C@@H]3F)cnn12.CN(C(=O)OC(C)(C)C)c1cc(Cl)nc2c(C(=O)O)cnn12.C[C@@H]1C[C@@H]1F. The molecule has 0 unspecified atom stereocenters. The van der Waals surface area contributed by atoms with Gasteiger partial charge in [0.15, 0.2) is 11.3 Å². The molecular weight excluding hydrogens is 743 g/mol. The van der Waals surface area contributed by atoms with E-state index in [9.17, 15) is 28.0 Å². The minimum Gasteiger partial charge on any atom is -0.477 e. The third-order valence-electron chi connectivity index (χ3n) is 7.38. The molecule has 0 bridgehead atoms. The summed E-state index contributed by atoms with van der Waals surface area (Å²) in [5.74, 6) is -0.767. The maximum absolute atomic E-state index is 13.0. The zero-order chi connectivity index (χ0) is 39.7. The Hall–Kier alpha value is -4.84. The molecule has 0 aliphatic heterocycles. The van der Waals surface area contributed by atoms with Crippen LogP contribution < -0.4 is 15.1 Å². The maximum atomic E-state index is 13.0. The molecule has 2 fully saturated rings. The van der Waals surface area contributed by atoms with E-state index in [4.69, 9.17) is 37.8 Å². The first-order valence-electron chi connectivity index (χ1n) is 16.3. The van der Waals surface area contributed by atoms with E-state index >= 15 is 0 Å². The molecule has 2 N–H and O–H groups in total. The molecule has 4 aromatic heterocycles. The molecule has 3 amide bonds. The molecule has 4 heterocycles. The first-order chi connectivity index (χ1) is 24.5. The standard InChI is InChI=1S/C16H19ClFN5O3.C13H15ClN4O4.C4H7F/c1-16(2,3)26-15(25)22(4)12-6-11(17)21-13-8(7-19-23(12)13)14(24)20-10-5-9(10)18;1-13(2,3)22-12(21)17(4)9-5-8(14)16-10-7(11(19)20)6-15-18(9)10;1-3-2-4(3)5/h6-7,9-10H,5H2,1-4H3,(H,20,24);5-6H,1-4H3,(H,19,20);3-4H,2H2,1H3/t9-,10+;;3-,4+/m0.1/s1. The van der Waals surface area contributed by atoms with Gasteiger partial charge >= 0.3 is 18.2 Å². The van der Waals surface area contributed by atoms with Crippen LogP contribution >= 0.6 is 23.2 Å². The van der Waals surface area contributed by atoms with E-state index in [1.165, 1.54) is 51.3 Å². The molecule has 0 radical (unpaired) electrons. The van der Waals surface area contributed by atoms with Crippen LogP contribution in [-0.4, -0.2) is 102 Å². The van der Waals surface area contributed by atoms with Crippen LogP contribution in [0.1, 0.15) is 82.0 Å². The molecule has 20 heteroatoms. The van der Waals surface area contributed by atoms with Gasteiger partial charge in [-0.25, -0.2) is 33.1 Å². The number of hydrogen-bond donors (Lipinski definition) is 2. The quantitative estimate of drug-likeness (QED) is 0.213. The van der Waals surface area contributed by atoms with E-state index in [-0.39, 0.29) is 44.4 Å². The van der Waals surface area contributed by atoms with Crippen molar-refractivity contribution in [3.8, 4) is 0 Å². The lowest BCUT2D eigenvalue weighted by Gasteiger charge is -2.24. The minimum atomic E-state index is -1.18. The fourth-order valence-electron chi connectivity index (χ4n) is 4.31. The smallest absolute Gasteiger partial charge is 0.415 e. The Morgan fingerprint density at radius 2 is 1.19 bits per heavy atom. The summed E-state index contributed by atoms with van der Waals surface area (Å²) in [5, 5.41) is 19.9. The Balaban J connectivity index is 0.000000211. The van der Waals surface area contributed by atoms with Gasteiger partial charge in [0.1, 0.15) is 56.6 Å². The Labute approximate surface area is 313 Å². The monoisotopic (exact) mass is 783 g/mol. The summed E-state index contributed by atoms with van der Waals surface area (Å²) in [6, 6.07) is 2.35. The van der Waals surface area contributed by atoms with Gasteiger partial charge < -0.3 is 19.9 Å². The van der Waals surface area contributed by atoms with Gasteiger partial charge in [0.05, 0.1) is 18.4 Å². The van der Waals surface area contributed by atoms with Crippen molar-refractivity contribution in [1.29, 1.82) is 0 Å². The number of anilines is 2. The molecule has 4 atom stereocenters.